The van der Waals surface area contributed by atoms with Crippen molar-refractivity contribution in [1.82, 2.24) is 19.7 Å². The van der Waals surface area contributed by atoms with Gasteiger partial charge in [0.05, 0.1) is 36.7 Å². The normalized spacial score (nSPS) is 11.5. The molecule has 0 aliphatic heterocycles. The molecule has 32 heavy (non-hydrogen) atoms. The van der Waals surface area contributed by atoms with E-state index in [1.807, 2.05) is 0 Å². The molecule has 0 aliphatic carbocycles. The summed E-state index contributed by atoms with van der Waals surface area (Å²) in [5.74, 6) is -0.303. The van der Waals surface area contributed by atoms with E-state index in [1.54, 1.807) is 23.1 Å². The first-order valence-corrected chi connectivity index (χ1v) is 9.39. The molecule has 0 amide bonds. The molecule has 0 aliphatic rings. The first-order valence-electron chi connectivity index (χ1n) is 9.39. The minimum absolute atomic E-state index is 0.0927. The van der Waals surface area contributed by atoms with Crippen molar-refractivity contribution in [1.29, 1.82) is 0 Å². The first kappa shape index (κ1) is 21.3. The van der Waals surface area contributed by atoms with Crippen molar-refractivity contribution in [2.75, 3.05) is 12.8 Å². The molecule has 0 radical (unpaired) electrons. The lowest BCUT2D eigenvalue weighted by molar-refractivity contribution is -0.137. The minimum Gasteiger partial charge on any atom is -0.494 e. The lowest BCUT2D eigenvalue weighted by Crippen LogP contribution is -2.05. The molecule has 0 bridgehead atoms. The number of nitrogens with zero attached hydrogens (tertiary/aromatic N) is 4. The summed E-state index contributed by atoms with van der Waals surface area (Å²) in [4.78, 5) is 8.30. The number of ether oxygens (including phenoxy) is 1. The van der Waals surface area contributed by atoms with E-state index in [-0.39, 0.29) is 18.1 Å². The number of alkyl halides is 3. The Bertz CT molecular complexity index is 1250. The highest BCUT2D eigenvalue weighted by molar-refractivity contribution is 5.87. The van der Waals surface area contributed by atoms with Crippen LogP contribution in [0.15, 0.2) is 61.2 Å². The van der Waals surface area contributed by atoms with Crippen LogP contribution in [0.1, 0.15) is 11.1 Å². The van der Waals surface area contributed by atoms with Crippen LogP contribution in [0.5, 0.6) is 5.75 Å². The van der Waals surface area contributed by atoms with Gasteiger partial charge in [0.2, 0.25) is 0 Å². The van der Waals surface area contributed by atoms with Crippen LogP contribution in [-0.2, 0) is 12.7 Å². The van der Waals surface area contributed by atoms with Crippen LogP contribution in [-0.4, -0.2) is 26.9 Å². The minimum atomic E-state index is -4.39. The van der Waals surface area contributed by atoms with Gasteiger partial charge in [-0.3, -0.25) is 4.68 Å². The molecular weight excluding hydrogens is 426 g/mol. The van der Waals surface area contributed by atoms with E-state index >= 15 is 0 Å². The molecule has 0 atom stereocenters. The summed E-state index contributed by atoms with van der Waals surface area (Å²) in [5, 5.41) is 4.27. The first-order chi connectivity index (χ1) is 15.3. The van der Waals surface area contributed by atoms with Gasteiger partial charge in [-0.15, -0.1) is 0 Å². The molecule has 2 heterocycles. The van der Waals surface area contributed by atoms with E-state index in [2.05, 4.69) is 15.1 Å². The molecule has 0 fully saturated rings. The summed E-state index contributed by atoms with van der Waals surface area (Å²) in [6.07, 6.45) is 0.140. The van der Waals surface area contributed by atoms with Crippen LogP contribution in [0, 0.1) is 5.82 Å². The number of rotatable bonds is 5. The Labute approximate surface area is 180 Å². The molecule has 0 saturated carbocycles. The maximum Gasteiger partial charge on any atom is 0.416 e. The van der Waals surface area contributed by atoms with E-state index in [0.29, 0.717) is 27.9 Å². The third-order valence-electron chi connectivity index (χ3n) is 4.85. The maximum absolute atomic E-state index is 14.3. The predicted octanol–water partition coefficient (Wildman–Crippen LogP) is 4.80. The van der Waals surface area contributed by atoms with Crippen LogP contribution >= 0.6 is 0 Å². The average Bonchev–Trinajstić information content (AvgIpc) is 3.21. The van der Waals surface area contributed by atoms with Crippen molar-refractivity contribution in [3.63, 3.8) is 0 Å². The van der Waals surface area contributed by atoms with E-state index < -0.39 is 17.6 Å². The number of anilines is 1. The zero-order valence-electron chi connectivity index (χ0n) is 16.8. The van der Waals surface area contributed by atoms with E-state index in [1.165, 1.54) is 37.7 Å². The monoisotopic (exact) mass is 443 g/mol. The van der Waals surface area contributed by atoms with Gasteiger partial charge in [-0.05, 0) is 35.4 Å². The van der Waals surface area contributed by atoms with Crippen molar-refractivity contribution >= 4 is 5.82 Å². The Balaban J connectivity index is 1.65. The second kappa shape index (κ2) is 8.29. The molecule has 2 N–H and O–H groups in total. The van der Waals surface area contributed by atoms with Gasteiger partial charge in [0.25, 0.3) is 0 Å². The Morgan fingerprint density at radius 3 is 2.44 bits per heavy atom. The lowest BCUT2D eigenvalue weighted by atomic mass is 10.0. The largest absolute Gasteiger partial charge is 0.494 e. The summed E-state index contributed by atoms with van der Waals surface area (Å²) >= 11 is 0. The van der Waals surface area contributed by atoms with Crippen LogP contribution < -0.4 is 10.5 Å². The summed E-state index contributed by atoms with van der Waals surface area (Å²) < 4.78 is 59.0. The van der Waals surface area contributed by atoms with Crippen molar-refractivity contribution in [3.05, 3.63) is 78.1 Å². The molecule has 4 rings (SSSR count). The molecule has 2 aromatic carbocycles. The van der Waals surface area contributed by atoms with Gasteiger partial charge in [0.1, 0.15) is 12.1 Å². The molecule has 0 spiro atoms. The molecule has 164 valence electrons. The number of methoxy groups -OCH3 is 1. The third kappa shape index (κ3) is 4.25. The summed E-state index contributed by atoms with van der Waals surface area (Å²) in [6, 6.07) is 9.27. The van der Waals surface area contributed by atoms with Crippen LogP contribution in [0.3, 0.4) is 0 Å². The van der Waals surface area contributed by atoms with Gasteiger partial charge in [0.15, 0.2) is 11.6 Å². The Hall–Kier alpha value is -3.95. The van der Waals surface area contributed by atoms with Gasteiger partial charge in [-0.2, -0.15) is 18.3 Å². The highest BCUT2D eigenvalue weighted by atomic mass is 19.4. The topological polar surface area (TPSA) is 78.8 Å². The summed E-state index contributed by atoms with van der Waals surface area (Å²) in [5.41, 5.74) is 7.94. The second-order valence-corrected chi connectivity index (χ2v) is 6.95. The van der Waals surface area contributed by atoms with Gasteiger partial charge < -0.3 is 10.5 Å². The molecule has 10 heteroatoms. The summed E-state index contributed by atoms with van der Waals surface area (Å²) in [7, 11) is 1.37. The summed E-state index contributed by atoms with van der Waals surface area (Å²) in [6.45, 7) is 0.255. The Kier molecular flexibility index (Phi) is 5.52. The third-order valence-corrected chi connectivity index (χ3v) is 4.85. The molecular formula is C22H17F4N5O. The van der Waals surface area contributed by atoms with Crippen molar-refractivity contribution in [3.8, 4) is 28.1 Å². The van der Waals surface area contributed by atoms with E-state index in [0.717, 1.165) is 12.1 Å². The fraction of sp³-hybridized carbons (Fsp3) is 0.136. The highest BCUT2D eigenvalue weighted by Crippen LogP contribution is 2.35. The van der Waals surface area contributed by atoms with Crippen LogP contribution in [0.2, 0.25) is 0 Å². The number of nitrogen functional groups attached to an aromatic ring is 1. The number of benzene rings is 2. The predicted molar refractivity (Wildman–Crippen MR) is 110 cm³/mol. The molecule has 0 saturated heterocycles. The number of hydrogen-bond donors (Lipinski definition) is 1. The smallest absolute Gasteiger partial charge is 0.416 e. The maximum atomic E-state index is 14.3. The zero-order chi connectivity index (χ0) is 22.9. The van der Waals surface area contributed by atoms with Crippen LogP contribution in [0.4, 0.5) is 23.4 Å². The SMILES string of the molecule is COc1ccc(-c2c(N)ncnc2-c2cnn(Cc3ccc(C(F)(F)F)cc3)c2)cc1F. The van der Waals surface area contributed by atoms with Gasteiger partial charge in [-0.1, -0.05) is 18.2 Å². The number of nitrogens with two attached hydrogens (primary N) is 1. The average molecular weight is 443 g/mol. The number of halogens is 4. The fourth-order valence-electron chi connectivity index (χ4n) is 3.28. The van der Waals surface area contributed by atoms with E-state index in [4.69, 9.17) is 10.5 Å². The quantitative estimate of drug-likeness (QED) is 0.448. The highest BCUT2D eigenvalue weighted by Gasteiger charge is 2.29. The van der Waals surface area contributed by atoms with Crippen molar-refractivity contribution < 1.29 is 22.3 Å². The Morgan fingerprint density at radius 1 is 1.03 bits per heavy atom. The molecule has 6 nitrogen and oxygen atoms in total. The molecule has 0 unspecified atom stereocenters. The Morgan fingerprint density at radius 2 is 1.78 bits per heavy atom. The van der Waals surface area contributed by atoms with Gasteiger partial charge in [-0.25, -0.2) is 14.4 Å². The molecule has 4 aromatic rings. The number of hydrogen-bond acceptors (Lipinski definition) is 5. The van der Waals surface area contributed by atoms with Gasteiger partial charge in [0, 0.05) is 11.8 Å². The van der Waals surface area contributed by atoms with Crippen LogP contribution in [0.25, 0.3) is 22.4 Å². The van der Waals surface area contributed by atoms with Gasteiger partial charge >= 0.3 is 6.18 Å². The van der Waals surface area contributed by atoms with Crippen molar-refractivity contribution in [2.24, 2.45) is 0 Å². The standard InChI is InChI=1S/C22H17F4N5O/c1-32-18-7-4-14(8-17(18)23)19-20(28-12-29-21(19)27)15-9-30-31(11-15)10-13-2-5-16(6-3-13)22(24,25)26/h2-9,11-12H,10H2,1H3,(H2,27,28,29). The van der Waals surface area contributed by atoms with E-state index in [9.17, 15) is 17.6 Å². The second-order valence-electron chi connectivity index (χ2n) is 6.95. The number of aromatic nitrogens is 4. The lowest BCUT2D eigenvalue weighted by Gasteiger charge is -2.11. The zero-order valence-corrected chi connectivity index (χ0v) is 16.8. The molecule has 2 aromatic heterocycles. The van der Waals surface area contributed by atoms with Crippen molar-refractivity contribution in [2.45, 2.75) is 12.7 Å². The fourth-order valence-corrected chi connectivity index (χ4v) is 3.28.